The average molecular weight is 435 g/mol. The van der Waals surface area contributed by atoms with Gasteiger partial charge in [0.2, 0.25) is 11.8 Å². The third kappa shape index (κ3) is 5.00. The first-order valence-electron chi connectivity index (χ1n) is 12.8. The highest BCUT2D eigenvalue weighted by Gasteiger charge is 2.28. The summed E-state index contributed by atoms with van der Waals surface area (Å²) in [7, 11) is 0. The fourth-order valence-corrected chi connectivity index (χ4v) is 6.14. The number of carbonyl (C=O) groups excluding carboxylic acids is 2. The molecule has 2 fully saturated rings. The summed E-state index contributed by atoms with van der Waals surface area (Å²) in [6, 6.07) is 7.87. The lowest BCUT2D eigenvalue weighted by atomic mass is 9.75. The van der Waals surface area contributed by atoms with Gasteiger partial charge in [-0.15, -0.1) is 0 Å². The Bertz CT molecular complexity index is 965. The molecule has 0 radical (unpaired) electrons. The lowest BCUT2D eigenvalue weighted by molar-refractivity contribution is 0.0990. The lowest BCUT2D eigenvalue weighted by Gasteiger charge is -2.29. The Labute approximate surface area is 192 Å². The number of hydrogen-bond acceptors (Lipinski definition) is 2. The first-order chi connectivity index (χ1) is 15.6. The van der Waals surface area contributed by atoms with Crippen LogP contribution in [0.5, 0.6) is 0 Å². The van der Waals surface area contributed by atoms with Gasteiger partial charge in [-0.3, -0.25) is 9.59 Å². The molecular weight excluding hydrogens is 396 g/mol. The van der Waals surface area contributed by atoms with Gasteiger partial charge >= 0.3 is 0 Å². The van der Waals surface area contributed by atoms with Crippen LogP contribution in [0.4, 0.5) is 0 Å². The lowest BCUT2D eigenvalue weighted by Crippen LogP contribution is -2.21. The van der Waals surface area contributed by atoms with E-state index in [-0.39, 0.29) is 5.91 Å². The largest absolute Gasteiger partial charge is 0.366 e. The first kappa shape index (κ1) is 22.8. The molecule has 2 amide bonds. The van der Waals surface area contributed by atoms with Crippen molar-refractivity contribution in [2.75, 3.05) is 0 Å². The maximum atomic E-state index is 13.0. The summed E-state index contributed by atoms with van der Waals surface area (Å²) < 4.78 is 0. The third-order valence-corrected chi connectivity index (χ3v) is 7.80. The number of hydrogen-bond donors (Lipinski definition) is 2. The summed E-state index contributed by atoms with van der Waals surface area (Å²) in [5.41, 5.74) is 15.3. The highest BCUT2D eigenvalue weighted by atomic mass is 16.1. The zero-order valence-electron chi connectivity index (χ0n) is 19.3. The molecule has 0 aromatic heterocycles. The van der Waals surface area contributed by atoms with Gasteiger partial charge in [0.1, 0.15) is 0 Å². The maximum absolute atomic E-state index is 13.0. The zero-order valence-corrected chi connectivity index (χ0v) is 19.3. The average Bonchev–Trinajstić information content (AvgIpc) is 2.71. The Kier molecular flexibility index (Phi) is 7.49. The van der Waals surface area contributed by atoms with Crippen molar-refractivity contribution in [2.24, 2.45) is 11.5 Å². The van der Waals surface area contributed by atoms with E-state index in [1.165, 1.54) is 64.2 Å². The number of primary amides is 2. The minimum atomic E-state index is -0.411. The Hall–Kier alpha value is -2.36. The molecular formula is C28H38N2O2. The molecule has 0 aliphatic heterocycles. The SMILES string of the molecule is NC(=O)c1ccc2c(C3CCCCCCC3)c(C(N)=O)c(C3CCCCCCC3)cc2c1. The summed E-state index contributed by atoms with van der Waals surface area (Å²) in [6.45, 7) is 0. The second kappa shape index (κ2) is 10.5. The highest BCUT2D eigenvalue weighted by Crippen LogP contribution is 2.43. The van der Waals surface area contributed by atoms with Gasteiger partial charge in [0.15, 0.2) is 0 Å². The van der Waals surface area contributed by atoms with E-state index in [4.69, 9.17) is 11.5 Å². The predicted octanol–water partition coefficient (Wildman–Crippen LogP) is 6.69. The van der Waals surface area contributed by atoms with Gasteiger partial charge in [-0.25, -0.2) is 0 Å². The van der Waals surface area contributed by atoms with Crippen LogP contribution in [0, 0.1) is 0 Å². The molecule has 0 heterocycles. The number of amides is 2. The molecule has 2 aromatic carbocycles. The molecule has 0 unspecified atom stereocenters. The number of carbonyl (C=O) groups is 2. The summed E-state index contributed by atoms with van der Waals surface area (Å²) in [5, 5.41) is 2.10. The topological polar surface area (TPSA) is 86.2 Å². The van der Waals surface area contributed by atoms with Gasteiger partial charge < -0.3 is 11.5 Å². The van der Waals surface area contributed by atoms with E-state index in [0.717, 1.165) is 53.1 Å². The minimum absolute atomic E-state index is 0.292. The van der Waals surface area contributed by atoms with Gasteiger partial charge in [0, 0.05) is 11.1 Å². The van der Waals surface area contributed by atoms with E-state index in [1.807, 2.05) is 12.1 Å². The van der Waals surface area contributed by atoms with Crippen molar-refractivity contribution in [3.8, 4) is 0 Å². The Balaban J connectivity index is 1.92. The van der Waals surface area contributed by atoms with E-state index in [0.29, 0.717) is 17.4 Å². The van der Waals surface area contributed by atoms with Crippen LogP contribution in [0.3, 0.4) is 0 Å². The van der Waals surface area contributed by atoms with Gasteiger partial charge in [-0.2, -0.15) is 0 Å². The highest BCUT2D eigenvalue weighted by molar-refractivity contribution is 6.05. The Morgan fingerprint density at radius 3 is 1.72 bits per heavy atom. The molecule has 4 rings (SSSR count). The molecule has 0 bridgehead atoms. The normalized spacial score (nSPS) is 19.6. The second-order valence-electron chi connectivity index (χ2n) is 10.0. The van der Waals surface area contributed by atoms with Crippen molar-refractivity contribution in [1.29, 1.82) is 0 Å². The van der Waals surface area contributed by atoms with Crippen LogP contribution in [-0.4, -0.2) is 11.8 Å². The van der Waals surface area contributed by atoms with Gasteiger partial charge in [-0.05, 0) is 71.6 Å². The molecule has 172 valence electrons. The second-order valence-corrected chi connectivity index (χ2v) is 10.0. The fraction of sp³-hybridized carbons (Fsp3) is 0.571. The quantitative estimate of drug-likeness (QED) is 0.561. The van der Waals surface area contributed by atoms with E-state index < -0.39 is 5.91 Å². The summed E-state index contributed by atoms with van der Waals surface area (Å²) in [5.74, 6) is -0.00847. The molecule has 2 aliphatic carbocycles. The van der Waals surface area contributed by atoms with E-state index >= 15 is 0 Å². The summed E-state index contributed by atoms with van der Waals surface area (Å²) in [4.78, 5) is 24.9. The molecule has 2 saturated carbocycles. The molecule has 0 atom stereocenters. The Morgan fingerprint density at radius 2 is 1.19 bits per heavy atom. The van der Waals surface area contributed by atoms with Crippen molar-refractivity contribution in [2.45, 2.75) is 102 Å². The van der Waals surface area contributed by atoms with Gasteiger partial charge in [0.05, 0.1) is 0 Å². The fourth-order valence-electron chi connectivity index (χ4n) is 6.14. The Morgan fingerprint density at radius 1 is 0.656 bits per heavy atom. The molecule has 4 nitrogen and oxygen atoms in total. The van der Waals surface area contributed by atoms with Crippen LogP contribution in [0.25, 0.3) is 10.8 Å². The molecule has 0 spiro atoms. The van der Waals surface area contributed by atoms with Crippen LogP contribution in [0.2, 0.25) is 0 Å². The molecule has 2 aromatic rings. The van der Waals surface area contributed by atoms with Crippen molar-refractivity contribution < 1.29 is 9.59 Å². The molecule has 0 saturated heterocycles. The number of benzene rings is 2. The molecule has 4 N–H and O–H groups in total. The van der Waals surface area contributed by atoms with Crippen LogP contribution >= 0.6 is 0 Å². The standard InChI is InChI=1S/C28H38N2O2/c29-27(31)21-15-16-23-22(17-21)18-24(19-11-7-3-1-4-8-12-19)26(28(30)32)25(23)20-13-9-5-2-6-10-14-20/h15-20H,1-14H2,(H2,29,31)(H2,30,32). The molecule has 32 heavy (non-hydrogen) atoms. The third-order valence-electron chi connectivity index (χ3n) is 7.80. The molecule has 2 aliphatic rings. The van der Waals surface area contributed by atoms with Gasteiger partial charge in [0.25, 0.3) is 0 Å². The first-order valence-corrected chi connectivity index (χ1v) is 12.8. The van der Waals surface area contributed by atoms with Crippen LogP contribution in [-0.2, 0) is 0 Å². The van der Waals surface area contributed by atoms with Crippen molar-refractivity contribution in [3.63, 3.8) is 0 Å². The van der Waals surface area contributed by atoms with Gasteiger partial charge in [-0.1, -0.05) is 76.3 Å². The minimum Gasteiger partial charge on any atom is -0.366 e. The van der Waals surface area contributed by atoms with Crippen molar-refractivity contribution in [1.82, 2.24) is 0 Å². The summed E-state index contributed by atoms with van der Waals surface area (Å²) in [6.07, 6.45) is 16.8. The zero-order chi connectivity index (χ0) is 22.5. The maximum Gasteiger partial charge on any atom is 0.249 e. The number of nitrogens with two attached hydrogens (primary N) is 2. The van der Waals surface area contributed by atoms with Crippen LogP contribution in [0.15, 0.2) is 24.3 Å². The van der Waals surface area contributed by atoms with Crippen LogP contribution < -0.4 is 11.5 Å². The predicted molar refractivity (Wildman–Crippen MR) is 131 cm³/mol. The summed E-state index contributed by atoms with van der Waals surface area (Å²) >= 11 is 0. The van der Waals surface area contributed by atoms with E-state index in [9.17, 15) is 9.59 Å². The van der Waals surface area contributed by atoms with E-state index in [1.54, 1.807) is 6.07 Å². The number of rotatable bonds is 4. The number of fused-ring (bicyclic) bond motifs is 1. The smallest absolute Gasteiger partial charge is 0.249 e. The van der Waals surface area contributed by atoms with Crippen molar-refractivity contribution in [3.05, 3.63) is 46.5 Å². The van der Waals surface area contributed by atoms with E-state index in [2.05, 4.69) is 6.07 Å². The molecule has 4 heteroatoms. The van der Waals surface area contributed by atoms with Crippen LogP contribution in [0.1, 0.15) is 134 Å². The monoisotopic (exact) mass is 434 g/mol. The van der Waals surface area contributed by atoms with Crippen molar-refractivity contribution >= 4 is 22.6 Å².